The van der Waals surface area contributed by atoms with E-state index in [1.54, 1.807) is 19.1 Å². The molecule has 0 fully saturated rings. The zero-order chi connectivity index (χ0) is 28.1. The maximum Gasteiger partial charge on any atom is 0.126 e. The standard InChI is InChI=1S/C29H42F2O6/c1-6-11-28(36,14-19-7-9-21(17(2)3)23(30)12-19)27(35)29(37,26(34)25(33)16-32)15-20-8-10-22(18(4)5)24(31)13-20/h7-10,12-13,17-18,25-27,32-37H,6,11,14-16H2,1-5H3/t25-,26+,27+,28?,29+/m0/s1. The highest BCUT2D eigenvalue weighted by Crippen LogP contribution is 2.36. The highest BCUT2D eigenvalue weighted by atomic mass is 19.1. The molecule has 0 radical (unpaired) electrons. The number of benzene rings is 2. The van der Waals surface area contributed by atoms with Crippen LogP contribution in [0.15, 0.2) is 36.4 Å². The Labute approximate surface area is 218 Å². The Hall–Kier alpha value is -1.94. The van der Waals surface area contributed by atoms with E-state index in [0.717, 1.165) is 0 Å². The van der Waals surface area contributed by atoms with Gasteiger partial charge >= 0.3 is 0 Å². The van der Waals surface area contributed by atoms with Gasteiger partial charge in [0.25, 0.3) is 0 Å². The summed E-state index contributed by atoms with van der Waals surface area (Å²) in [7, 11) is 0. The van der Waals surface area contributed by atoms with Crippen molar-refractivity contribution < 1.29 is 39.4 Å². The van der Waals surface area contributed by atoms with Gasteiger partial charge in [0.15, 0.2) is 0 Å². The summed E-state index contributed by atoms with van der Waals surface area (Å²) in [6, 6.07) is 8.74. The van der Waals surface area contributed by atoms with Crippen molar-refractivity contribution >= 4 is 0 Å². The van der Waals surface area contributed by atoms with Gasteiger partial charge in [-0.25, -0.2) is 8.78 Å². The highest BCUT2D eigenvalue weighted by Gasteiger charge is 2.54. The van der Waals surface area contributed by atoms with Crippen LogP contribution in [0, 0.1) is 11.6 Å². The van der Waals surface area contributed by atoms with Crippen molar-refractivity contribution in [1.82, 2.24) is 0 Å². The summed E-state index contributed by atoms with van der Waals surface area (Å²) >= 11 is 0. The topological polar surface area (TPSA) is 121 Å². The molecule has 0 spiro atoms. The van der Waals surface area contributed by atoms with Gasteiger partial charge in [0, 0.05) is 12.8 Å². The quantitative estimate of drug-likeness (QED) is 0.239. The first-order valence-corrected chi connectivity index (χ1v) is 12.9. The lowest BCUT2D eigenvalue weighted by molar-refractivity contribution is -0.230. The van der Waals surface area contributed by atoms with Crippen LogP contribution in [-0.2, 0) is 12.8 Å². The summed E-state index contributed by atoms with van der Waals surface area (Å²) in [6.45, 7) is 8.16. The van der Waals surface area contributed by atoms with E-state index in [9.17, 15) is 39.4 Å². The molecule has 5 atom stereocenters. The molecule has 37 heavy (non-hydrogen) atoms. The molecule has 208 valence electrons. The molecule has 6 nitrogen and oxygen atoms in total. The summed E-state index contributed by atoms with van der Waals surface area (Å²) in [5.74, 6) is -1.16. The second kappa shape index (κ2) is 12.7. The van der Waals surface area contributed by atoms with Gasteiger partial charge in [0.05, 0.1) is 12.2 Å². The molecule has 0 saturated carbocycles. The van der Waals surface area contributed by atoms with Gasteiger partial charge in [-0.05, 0) is 52.6 Å². The van der Waals surface area contributed by atoms with Crippen molar-refractivity contribution in [2.45, 2.75) is 102 Å². The molecule has 2 aromatic rings. The molecule has 6 N–H and O–H groups in total. The third kappa shape index (κ3) is 7.13. The van der Waals surface area contributed by atoms with Crippen molar-refractivity contribution in [1.29, 1.82) is 0 Å². The molecular formula is C29H42F2O6. The van der Waals surface area contributed by atoms with E-state index < -0.39 is 54.2 Å². The van der Waals surface area contributed by atoms with Gasteiger partial charge < -0.3 is 30.6 Å². The van der Waals surface area contributed by atoms with Crippen LogP contribution in [0.2, 0.25) is 0 Å². The minimum absolute atomic E-state index is 0.0351. The van der Waals surface area contributed by atoms with Crippen LogP contribution in [0.25, 0.3) is 0 Å². The summed E-state index contributed by atoms with van der Waals surface area (Å²) in [4.78, 5) is 0. The van der Waals surface area contributed by atoms with Crippen LogP contribution in [-0.4, -0.2) is 66.8 Å². The second-order valence-corrected chi connectivity index (χ2v) is 10.8. The molecule has 0 aliphatic heterocycles. The Morgan fingerprint density at radius 1 is 0.784 bits per heavy atom. The zero-order valence-electron chi connectivity index (χ0n) is 22.3. The number of rotatable bonds is 13. The second-order valence-electron chi connectivity index (χ2n) is 10.8. The zero-order valence-corrected chi connectivity index (χ0v) is 22.3. The van der Waals surface area contributed by atoms with E-state index in [4.69, 9.17) is 0 Å². The first-order chi connectivity index (χ1) is 17.2. The Balaban J connectivity index is 2.53. The Bertz CT molecular complexity index is 1030. The number of halogens is 2. The maximum absolute atomic E-state index is 14.7. The fraction of sp³-hybridized carbons (Fsp3) is 0.586. The lowest BCUT2D eigenvalue weighted by Gasteiger charge is -2.46. The van der Waals surface area contributed by atoms with Gasteiger partial charge in [-0.2, -0.15) is 0 Å². The van der Waals surface area contributed by atoms with Crippen molar-refractivity contribution in [3.05, 3.63) is 70.3 Å². The average Bonchev–Trinajstić information content (AvgIpc) is 2.82. The number of aliphatic hydroxyl groups is 6. The largest absolute Gasteiger partial charge is 0.394 e. The highest BCUT2D eigenvalue weighted by molar-refractivity contribution is 5.30. The summed E-state index contributed by atoms with van der Waals surface area (Å²) in [6.07, 6.45) is -6.47. The third-order valence-electron chi connectivity index (χ3n) is 7.10. The normalized spacial score (nSPS) is 17.9. The SMILES string of the molecule is CCCC(O)(Cc1ccc(C(C)C)c(F)c1)[C@@H](O)[C@@](O)(Cc1ccc(C(C)C)c(F)c1)[C@H](O)[C@@H](O)CO. The Kier molecular flexibility index (Phi) is 10.8. The van der Waals surface area contributed by atoms with E-state index in [-0.39, 0.29) is 30.2 Å². The first kappa shape index (κ1) is 31.3. The van der Waals surface area contributed by atoms with Crippen molar-refractivity contribution in [3.8, 4) is 0 Å². The monoisotopic (exact) mass is 524 g/mol. The van der Waals surface area contributed by atoms with Gasteiger partial charge in [-0.15, -0.1) is 0 Å². The lowest BCUT2D eigenvalue weighted by atomic mass is 9.71. The smallest absolute Gasteiger partial charge is 0.126 e. The third-order valence-corrected chi connectivity index (χ3v) is 7.10. The van der Waals surface area contributed by atoms with Crippen LogP contribution in [0.1, 0.15) is 81.5 Å². The van der Waals surface area contributed by atoms with Gasteiger partial charge in [0.2, 0.25) is 0 Å². The molecule has 0 aliphatic rings. The summed E-state index contributed by atoms with van der Waals surface area (Å²) in [5, 5.41) is 65.2. The fourth-order valence-corrected chi connectivity index (χ4v) is 4.99. The maximum atomic E-state index is 14.7. The molecular weight excluding hydrogens is 482 g/mol. The molecule has 2 rings (SSSR count). The van der Waals surface area contributed by atoms with E-state index >= 15 is 0 Å². The van der Waals surface area contributed by atoms with Crippen molar-refractivity contribution in [3.63, 3.8) is 0 Å². The van der Waals surface area contributed by atoms with Crippen molar-refractivity contribution in [2.24, 2.45) is 0 Å². The minimum Gasteiger partial charge on any atom is -0.394 e. The lowest BCUT2D eigenvalue weighted by Crippen LogP contribution is -2.66. The van der Waals surface area contributed by atoms with Crippen LogP contribution >= 0.6 is 0 Å². The first-order valence-electron chi connectivity index (χ1n) is 12.9. The molecule has 8 heteroatoms. The molecule has 2 aromatic carbocycles. The number of hydrogen-bond acceptors (Lipinski definition) is 6. The number of aliphatic hydroxyl groups excluding tert-OH is 4. The molecule has 0 amide bonds. The molecule has 0 aliphatic carbocycles. The van der Waals surface area contributed by atoms with E-state index in [1.165, 1.54) is 24.3 Å². The van der Waals surface area contributed by atoms with E-state index in [0.29, 0.717) is 23.1 Å². The fourth-order valence-electron chi connectivity index (χ4n) is 4.99. The molecule has 1 unspecified atom stereocenters. The molecule has 0 aromatic heterocycles. The van der Waals surface area contributed by atoms with Crippen LogP contribution in [0.4, 0.5) is 8.78 Å². The minimum atomic E-state index is -2.59. The predicted octanol–water partition coefficient (Wildman–Crippen LogP) is 3.33. The van der Waals surface area contributed by atoms with Crippen LogP contribution in [0.5, 0.6) is 0 Å². The molecule has 0 bridgehead atoms. The molecule has 0 saturated heterocycles. The summed E-state index contributed by atoms with van der Waals surface area (Å²) in [5.41, 5.74) is -3.13. The predicted molar refractivity (Wildman–Crippen MR) is 138 cm³/mol. The van der Waals surface area contributed by atoms with Crippen molar-refractivity contribution in [2.75, 3.05) is 6.61 Å². The Morgan fingerprint density at radius 3 is 1.62 bits per heavy atom. The van der Waals surface area contributed by atoms with E-state index in [1.807, 2.05) is 27.7 Å². The van der Waals surface area contributed by atoms with E-state index in [2.05, 4.69) is 0 Å². The van der Waals surface area contributed by atoms with Crippen LogP contribution in [0.3, 0.4) is 0 Å². The molecule has 0 heterocycles. The average molecular weight is 525 g/mol. The van der Waals surface area contributed by atoms with Crippen LogP contribution < -0.4 is 0 Å². The Morgan fingerprint density at radius 2 is 1.24 bits per heavy atom. The number of hydrogen-bond donors (Lipinski definition) is 6. The summed E-state index contributed by atoms with van der Waals surface area (Å²) < 4.78 is 29.4. The van der Waals surface area contributed by atoms with Gasteiger partial charge in [-0.1, -0.05) is 65.3 Å². The van der Waals surface area contributed by atoms with Gasteiger partial charge in [0.1, 0.15) is 35.5 Å². The van der Waals surface area contributed by atoms with Gasteiger partial charge in [-0.3, -0.25) is 0 Å².